The number of nitrogens with zero attached hydrogens (tertiary/aromatic N) is 5. The third-order valence-electron chi connectivity index (χ3n) is 5.31. The van der Waals surface area contributed by atoms with E-state index in [4.69, 9.17) is 4.98 Å². The summed E-state index contributed by atoms with van der Waals surface area (Å²) in [7, 11) is 0. The van der Waals surface area contributed by atoms with Crippen molar-refractivity contribution in [1.29, 1.82) is 0 Å². The van der Waals surface area contributed by atoms with Crippen LogP contribution < -0.4 is 0 Å². The molecular weight excluding hydrogens is 441 g/mol. The van der Waals surface area contributed by atoms with Crippen LogP contribution >= 0.6 is 11.3 Å². The Kier molecular flexibility index (Phi) is 4.34. The van der Waals surface area contributed by atoms with Crippen LogP contribution in [0.5, 0.6) is 0 Å². The van der Waals surface area contributed by atoms with Crippen LogP contribution in [-0.2, 0) is 0 Å². The summed E-state index contributed by atoms with van der Waals surface area (Å²) in [6.45, 7) is 1.54. The van der Waals surface area contributed by atoms with Crippen molar-refractivity contribution in [3.05, 3.63) is 65.8 Å². The monoisotopic (exact) mass is 455 g/mol. The van der Waals surface area contributed by atoms with Crippen molar-refractivity contribution in [2.45, 2.75) is 6.92 Å². The maximum Gasteiger partial charge on any atom is 0.169 e. The molecule has 0 spiro atoms. The van der Waals surface area contributed by atoms with Gasteiger partial charge in [-0.15, -0.1) is 11.3 Å². The summed E-state index contributed by atoms with van der Waals surface area (Å²) in [4.78, 5) is 33.8. The number of Topliss-reactive ketones (excluding diaryl/α,β-unsaturated/α-hetero) is 1. The van der Waals surface area contributed by atoms with Crippen molar-refractivity contribution in [3.63, 3.8) is 0 Å². The van der Waals surface area contributed by atoms with Crippen molar-refractivity contribution in [2.24, 2.45) is 0 Å². The van der Waals surface area contributed by atoms with Gasteiger partial charge in [0.05, 0.1) is 22.0 Å². The summed E-state index contributed by atoms with van der Waals surface area (Å²) >= 11 is 1.39. The highest BCUT2D eigenvalue weighted by Gasteiger charge is 2.21. The number of hydrogen-bond donors (Lipinski definition) is 2. The molecule has 6 rings (SSSR count). The first-order chi connectivity index (χ1) is 16.1. The molecule has 0 fully saturated rings. The van der Waals surface area contributed by atoms with Gasteiger partial charge in [0.2, 0.25) is 0 Å². The van der Waals surface area contributed by atoms with Crippen LogP contribution in [0.4, 0.5) is 4.39 Å². The third kappa shape index (κ3) is 3.11. The SMILES string of the molecule is CC(=O)c1ccc(-c2ccnc3[nH]c(-c4n[nH]c5cnc(-c6cccnc6)c(F)c45)nc23)s1. The zero-order valence-corrected chi connectivity index (χ0v) is 17.9. The molecule has 0 aliphatic rings. The largest absolute Gasteiger partial charge is 0.321 e. The van der Waals surface area contributed by atoms with Crippen molar-refractivity contribution < 1.29 is 9.18 Å². The number of carbonyl (C=O) groups is 1. The standard InChI is InChI=1S/C23H14FN7OS/c1-11(32)15-4-5-16(33-15)13-6-8-26-22-20(13)28-23(29-22)21-17-14(30-31-21)10-27-19(18(17)24)12-3-2-7-25-9-12/h2-10H,1H3,(H,30,31)(H,26,28,29). The lowest BCUT2D eigenvalue weighted by molar-refractivity contribution is 0.102. The minimum absolute atomic E-state index is 0.00997. The van der Waals surface area contributed by atoms with Crippen molar-refractivity contribution in [3.8, 4) is 33.2 Å². The molecular formula is C23H14FN7OS. The smallest absolute Gasteiger partial charge is 0.169 e. The molecule has 0 saturated carbocycles. The van der Waals surface area contributed by atoms with Gasteiger partial charge in [-0.05, 0) is 37.3 Å². The number of halogens is 1. The van der Waals surface area contributed by atoms with Gasteiger partial charge in [-0.25, -0.2) is 14.4 Å². The molecule has 0 radical (unpaired) electrons. The predicted octanol–water partition coefficient (Wildman–Crippen LogP) is 5.03. The van der Waals surface area contributed by atoms with E-state index in [1.807, 2.05) is 12.1 Å². The lowest BCUT2D eigenvalue weighted by Gasteiger charge is -2.03. The van der Waals surface area contributed by atoms with E-state index in [1.165, 1.54) is 18.3 Å². The first-order valence-electron chi connectivity index (χ1n) is 9.99. The van der Waals surface area contributed by atoms with E-state index in [0.29, 0.717) is 38.6 Å². The number of nitrogens with one attached hydrogen (secondary N) is 2. The van der Waals surface area contributed by atoms with E-state index in [2.05, 4.69) is 30.1 Å². The van der Waals surface area contributed by atoms with Crippen molar-refractivity contribution >= 4 is 39.2 Å². The summed E-state index contributed by atoms with van der Waals surface area (Å²) in [5, 5.41) is 7.41. The van der Waals surface area contributed by atoms with Gasteiger partial charge in [0, 0.05) is 34.6 Å². The number of H-pyrrole nitrogens is 2. The molecule has 0 aliphatic carbocycles. The maximum absolute atomic E-state index is 15.6. The van der Waals surface area contributed by atoms with Crippen LogP contribution in [0.1, 0.15) is 16.6 Å². The number of rotatable bonds is 4. The predicted molar refractivity (Wildman–Crippen MR) is 123 cm³/mol. The Balaban J connectivity index is 1.52. The van der Waals surface area contributed by atoms with Gasteiger partial charge in [-0.2, -0.15) is 5.10 Å². The highest BCUT2D eigenvalue weighted by Crippen LogP contribution is 2.35. The van der Waals surface area contributed by atoms with Crippen LogP contribution in [0.3, 0.4) is 0 Å². The molecule has 2 N–H and O–H groups in total. The minimum Gasteiger partial charge on any atom is -0.321 e. The Morgan fingerprint density at radius 3 is 2.76 bits per heavy atom. The lowest BCUT2D eigenvalue weighted by atomic mass is 10.1. The molecule has 0 bridgehead atoms. The molecule has 0 aromatic carbocycles. The fraction of sp³-hybridized carbons (Fsp3) is 0.0435. The number of ketones is 1. The van der Waals surface area contributed by atoms with Crippen molar-refractivity contribution in [1.82, 2.24) is 35.1 Å². The fourth-order valence-corrected chi connectivity index (χ4v) is 4.67. The second-order valence-corrected chi connectivity index (χ2v) is 8.47. The summed E-state index contributed by atoms with van der Waals surface area (Å²) in [6.07, 6.45) is 6.39. The zero-order chi connectivity index (χ0) is 22.5. The zero-order valence-electron chi connectivity index (χ0n) is 17.1. The Bertz CT molecular complexity index is 1670. The Labute approximate surface area is 189 Å². The average Bonchev–Trinajstić information content (AvgIpc) is 3.57. The molecule has 0 aliphatic heterocycles. The molecule has 160 valence electrons. The first-order valence-corrected chi connectivity index (χ1v) is 10.8. The van der Waals surface area contributed by atoms with E-state index in [9.17, 15) is 4.79 Å². The van der Waals surface area contributed by atoms with Gasteiger partial charge in [-0.1, -0.05) is 0 Å². The molecule has 33 heavy (non-hydrogen) atoms. The van der Waals surface area contributed by atoms with Crippen LogP contribution in [-0.4, -0.2) is 40.9 Å². The highest BCUT2D eigenvalue weighted by molar-refractivity contribution is 7.17. The second kappa shape index (κ2) is 7.38. The van der Waals surface area contributed by atoms with E-state index in [0.717, 1.165) is 10.4 Å². The number of imidazole rings is 1. The van der Waals surface area contributed by atoms with E-state index < -0.39 is 5.82 Å². The fourth-order valence-electron chi connectivity index (χ4n) is 3.74. The van der Waals surface area contributed by atoms with Gasteiger partial charge in [0.15, 0.2) is 23.1 Å². The van der Waals surface area contributed by atoms with Gasteiger partial charge in [0.1, 0.15) is 16.9 Å². The van der Waals surface area contributed by atoms with Gasteiger partial charge >= 0.3 is 0 Å². The van der Waals surface area contributed by atoms with Crippen LogP contribution in [0.15, 0.2) is 55.1 Å². The topological polar surface area (TPSA) is 113 Å². The van der Waals surface area contributed by atoms with Crippen LogP contribution in [0, 0.1) is 5.82 Å². The number of thiophene rings is 1. The number of hydrogen-bond acceptors (Lipinski definition) is 7. The second-order valence-electron chi connectivity index (χ2n) is 7.38. The van der Waals surface area contributed by atoms with E-state index in [1.54, 1.807) is 43.0 Å². The van der Waals surface area contributed by atoms with Gasteiger partial charge in [-0.3, -0.25) is 19.9 Å². The first kappa shape index (κ1) is 19.4. The normalized spacial score (nSPS) is 11.5. The molecule has 6 aromatic heterocycles. The lowest BCUT2D eigenvalue weighted by Crippen LogP contribution is -1.92. The Morgan fingerprint density at radius 1 is 1.06 bits per heavy atom. The quantitative estimate of drug-likeness (QED) is 0.361. The molecule has 0 amide bonds. The van der Waals surface area contributed by atoms with Crippen LogP contribution in [0.25, 0.3) is 55.3 Å². The molecule has 0 saturated heterocycles. The number of fused-ring (bicyclic) bond motifs is 2. The van der Waals surface area contributed by atoms with E-state index >= 15 is 4.39 Å². The number of aromatic amines is 2. The molecule has 6 heterocycles. The maximum atomic E-state index is 15.6. The molecule has 0 unspecified atom stereocenters. The molecule has 8 nitrogen and oxygen atoms in total. The minimum atomic E-state index is -0.512. The number of pyridine rings is 3. The summed E-state index contributed by atoms with van der Waals surface area (Å²) in [5.74, 6) is -0.125. The molecule has 6 aromatic rings. The Morgan fingerprint density at radius 2 is 1.97 bits per heavy atom. The third-order valence-corrected chi connectivity index (χ3v) is 6.53. The summed E-state index contributed by atoms with van der Waals surface area (Å²) in [5.41, 5.74) is 3.52. The van der Waals surface area contributed by atoms with Gasteiger partial charge < -0.3 is 4.98 Å². The summed E-state index contributed by atoms with van der Waals surface area (Å²) < 4.78 is 15.6. The summed E-state index contributed by atoms with van der Waals surface area (Å²) in [6, 6.07) is 9.01. The molecule has 0 atom stereocenters. The van der Waals surface area contributed by atoms with Crippen molar-refractivity contribution in [2.75, 3.05) is 0 Å². The van der Waals surface area contributed by atoms with Gasteiger partial charge in [0.25, 0.3) is 0 Å². The Hall–Kier alpha value is -4.31. The van der Waals surface area contributed by atoms with Crippen LogP contribution in [0.2, 0.25) is 0 Å². The average molecular weight is 455 g/mol. The molecule has 10 heteroatoms. The number of carbonyl (C=O) groups excluding carboxylic acids is 1. The van der Waals surface area contributed by atoms with E-state index in [-0.39, 0.29) is 16.9 Å². The highest BCUT2D eigenvalue weighted by atomic mass is 32.1. The number of aromatic nitrogens is 7.